The van der Waals surface area contributed by atoms with Gasteiger partial charge in [-0.3, -0.25) is 4.90 Å². The van der Waals surface area contributed by atoms with E-state index in [0.29, 0.717) is 17.3 Å². The lowest BCUT2D eigenvalue weighted by Crippen LogP contribution is -2.34. The number of hydrogen-bond acceptors (Lipinski definition) is 5. The van der Waals surface area contributed by atoms with Crippen molar-refractivity contribution in [3.8, 4) is 5.88 Å². The van der Waals surface area contributed by atoms with Crippen molar-refractivity contribution in [3.05, 3.63) is 12.3 Å². The van der Waals surface area contributed by atoms with Crippen molar-refractivity contribution in [2.45, 2.75) is 26.4 Å². The minimum absolute atomic E-state index is 0.317. The Morgan fingerprint density at radius 2 is 2.06 bits per heavy atom. The number of amides is 1. The molecule has 2 N–H and O–H groups in total. The van der Waals surface area contributed by atoms with Gasteiger partial charge in [0.05, 0.1) is 19.0 Å². The predicted octanol–water partition coefficient (Wildman–Crippen LogP) is 2.04. The van der Waals surface area contributed by atoms with Gasteiger partial charge in [-0.05, 0) is 26.8 Å². The number of hydrogen-bond donors (Lipinski definition) is 1. The molecule has 100 valence electrons. The van der Waals surface area contributed by atoms with Crippen LogP contribution in [0.4, 0.5) is 16.2 Å². The summed E-state index contributed by atoms with van der Waals surface area (Å²) < 4.78 is 10.3. The van der Waals surface area contributed by atoms with E-state index in [0.717, 1.165) is 0 Å². The van der Waals surface area contributed by atoms with E-state index in [4.69, 9.17) is 15.2 Å². The SMILES string of the molecule is COc1ncc(N)cc1N(C)C(=O)OC(C)(C)C. The third-order valence-electron chi connectivity index (χ3n) is 2.08. The van der Waals surface area contributed by atoms with Crippen LogP contribution in [0.3, 0.4) is 0 Å². The van der Waals surface area contributed by atoms with Gasteiger partial charge in [-0.2, -0.15) is 0 Å². The van der Waals surface area contributed by atoms with Crippen LogP contribution >= 0.6 is 0 Å². The van der Waals surface area contributed by atoms with E-state index in [1.54, 1.807) is 33.9 Å². The first-order valence-corrected chi connectivity index (χ1v) is 5.51. The van der Waals surface area contributed by atoms with E-state index in [-0.39, 0.29) is 0 Å². The smallest absolute Gasteiger partial charge is 0.414 e. The van der Waals surface area contributed by atoms with E-state index in [1.807, 2.05) is 0 Å². The number of ether oxygens (including phenoxy) is 2. The Labute approximate surface area is 107 Å². The molecule has 0 saturated heterocycles. The van der Waals surface area contributed by atoms with E-state index in [2.05, 4.69) is 4.98 Å². The van der Waals surface area contributed by atoms with Crippen LogP contribution in [-0.2, 0) is 4.74 Å². The molecule has 6 heteroatoms. The lowest BCUT2D eigenvalue weighted by Gasteiger charge is -2.25. The van der Waals surface area contributed by atoms with Crippen LogP contribution in [-0.4, -0.2) is 30.8 Å². The maximum absolute atomic E-state index is 11.9. The van der Waals surface area contributed by atoms with Gasteiger partial charge >= 0.3 is 6.09 Å². The third kappa shape index (κ3) is 3.51. The number of methoxy groups -OCH3 is 1. The molecule has 6 nitrogen and oxygen atoms in total. The zero-order valence-corrected chi connectivity index (χ0v) is 11.4. The van der Waals surface area contributed by atoms with Crippen LogP contribution < -0.4 is 15.4 Å². The van der Waals surface area contributed by atoms with Crippen molar-refractivity contribution >= 4 is 17.5 Å². The monoisotopic (exact) mass is 253 g/mol. The van der Waals surface area contributed by atoms with Crippen LogP contribution in [0.15, 0.2) is 12.3 Å². The van der Waals surface area contributed by atoms with Gasteiger partial charge in [0.1, 0.15) is 11.3 Å². The van der Waals surface area contributed by atoms with Crippen molar-refractivity contribution in [3.63, 3.8) is 0 Å². The van der Waals surface area contributed by atoms with Crippen molar-refractivity contribution in [2.75, 3.05) is 24.8 Å². The quantitative estimate of drug-likeness (QED) is 0.872. The predicted molar refractivity (Wildman–Crippen MR) is 69.8 cm³/mol. The molecule has 1 heterocycles. The Hall–Kier alpha value is -1.98. The largest absolute Gasteiger partial charge is 0.480 e. The standard InChI is InChI=1S/C12H19N3O3/c1-12(2,3)18-11(16)15(4)9-6-8(13)7-14-10(9)17-5/h6-7H,13H2,1-5H3. The van der Waals surface area contributed by atoms with Crippen molar-refractivity contribution < 1.29 is 14.3 Å². The molecule has 0 unspecified atom stereocenters. The summed E-state index contributed by atoms with van der Waals surface area (Å²) in [4.78, 5) is 17.2. The van der Waals surface area contributed by atoms with Gasteiger partial charge in [0.15, 0.2) is 0 Å². The highest BCUT2D eigenvalue weighted by Gasteiger charge is 2.23. The second kappa shape index (κ2) is 5.12. The minimum atomic E-state index is -0.563. The normalized spacial score (nSPS) is 10.9. The summed E-state index contributed by atoms with van der Waals surface area (Å²) in [5.74, 6) is 0.317. The van der Waals surface area contributed by atoms with Crippen LogP contribution in [0.25, 0.3) is 0 Å². The van der Waals surface area contributed by atoms with Gasteiger partial charge < -0.3 is 15.2 Å². The molecule has 0 saturated carbocycles. The number of rotatable bonds is 2. The highest BCUT2D eigenvalue weighted by atomic mass is 16.6. The molecule has 0 atom stereocenters. The first-order valence-electron chi connectivity index (χ1n) is 5.51. The molecule has 1 aromatic heterocycles. The highest BCUT2D eigenvalue weighted by molar-refractivity contribution is 5.89. The average Bonchev–Trinajstić information content (AvgIpc) is 2.25. The van der Waals surface area contributed by atoms with Crippen LogP contribution in [0.5, 0.6) is 5.88 Å². The molecule has 0 bridgehead atoms. The van der Waals surface area contributed by atoms with Gasteiger partial charge in [-0.1, -0.05) is 0 Å². The van der Waals surface area contributed by atoms with Crippen molar-refractivity contribution in [2.24, 2.45) is 0 Å². The molecular formula is C12H19N3O3. The second-order valence-electron chi connectivity index (χ2n) is 4.84. The van der Waals surface area contributed by atoms with Gasteiger partial charge in [-0.15, -0.1) is 0 Å². The van der Waals surface area contributed by atoms with Gasteiger partial charge in [0, 0.05) is 7.05 Å². The molecule has 0 aliphatic rings. The third-order valence-corrected chi connectivity index (χ3v) is 2.08. The number of aromatic nitrogens is 1. The number of pyridine rings is 1. The van der Waals surface area contributed by atoms with Crippen LogP contribution in [0.1, 0.15) is 20.8 Å². The molecule has 18 heavy (non-hydrogen) atoms. The molecule has 0 fully saturated rings. The van der Waals surface area contributed by atoms with Crippen LogP contribution in [0, 0.1) is 0 Å². The molecule has 1 aromatic rings. The zero-order valence-electron chi connectivity index (χ0n) is 11.4. The summed E-state index contributed by atoms with van der Waals surface area (Å²) in [6.45, 7) is 5.40. The van der Waals surface area contributed by atoms with Crippen LogP contribution in [0.2, 0.25) is 0 Å². The van der Waals surface area contributed by atoms with E-state index < -0.39 is 11.7 Å². The molecule has 0 aliphatic heterocycles. The van der Waals surface area contributed by atoms with E-state index in [9.17, 15) is 4.79 Å². The minimum Gasteiger partial charge on any atom is -0.480 e. The number of nitrogens with two attached hydrogens (primary N) is 1. The maximum Gasteiger partial charge on any atom is 0.414 e. The molecule has 0 radical (unpaired) electrons. The topological polar surface area (TPSA) is 77.7 Å². The lowest BCUT2D eigenvalue weighted by atomic mass is 10.2. The Balaban J connectivity index is 2.99. The molecule has 0 spiro atoms. The summed E-state index contributed by atoms with van der Waals surface area (Å²) in [7, 11) is 3.05. The fourth-order valence-electron chi connectivity index (χ4n) is 1.28. The summed E-state index contributed by atoms with van der Waals surface area (Å²) in [5, 5.41) is 0. The summed E-state index contributed by atoms with van der Waals surface area (Å²) in [6, 6.07) is 1.61. The number of carbonyl (C=O) groups excluding carboxylic acids is 1. The van der Waals surface area contributed by atoms with E-state index in [1.165, 1.54) is 18.2 Å². The van der Waals surface area contributed by atoms with Gasteiger partial charge in [0.2, 0.25) is 5.88 Å². The second-order valence-corrected chi connectivity index (χ2v) is 4.84. The Bertz CT molecular complexity index is 441. The van der Waals surface area contributed by atoms with E-state index >= 15 is 0 Å². The first-order chi connectivity index (χ1) is 8.24. The van der Waals surface area contributed by atoms with Gasteiger partial charge in [0.25, 0.3) is 0 Å². The number of nitrogens with zero attached hydrogens (tertiary/aromatic N) is 2. The average molecular weight is 253 g/mol. The highest BCUT2D eigenvalue weighted by Crippen LogP contribution is 2.27. The molecular weight excluding hydrogens is 234 g/mol. The molecule has 0 aliphatic carbocycles. The number of carbonyl (C=O) groups is 1. The molecule has 1 amide bonds. The summed E-state index contributed by atoms with van der Waals surface area (Å²) in [5.41, 5.74) is 6.00. The Morgan fingerprint density at radius 3 is 2.56 bits per heavy atom. The van der Waals surface area contributed by atoms with Crippen molar-refractivity contribution in [1.29, 1.82) is 0 Å². The van der Waals surface area contributed by atoms with Crippen molar-refractivity contribution in [1.82, 2.24) is 4.98 Å². The Kier molecular flexibility index (Phi) is 4.00. The maximum atomic E-state index is 11.9. The fourth-order valence-corrected chi connectivity index (χ4v) is 1.28. The lowest BCUT2D eigenvalue weighted by molar-refractivity contribution is 0.0588. The molecule has 0 aromatic carbocycles. The fraction of sp³-hybridized carbons (Fsp3) is 0.500. The van der Waals surface area contributed by atoms with Gasteiger partial charge in [-0.25, -0.2) is 9.78 Å². The summed E-state index contributed by atoms with van der Waals surface area (Å²) >= 11 is 0. The summed E-state index contributed by atoms with van der Waals surface area (Å²) in [6.07, 6.45) is 0.971. The number of nitrogen functional groups attached to an aromatic ring is 1. The first kappa shape index (κ1) is 14.1. The Morgan fingerprint density at radius 1 is 1.44 bits per heavy atom. The number of anilines is 2. The zero-order chi connectivity index (χ0) is 13.9. The molecule has 1 rings (SSSR count).